The molecule has 2 aromatic heterocycles. The third-order valence-corrected chi connectivity index (χ3v) is 2.61. The van der Waals surface area contributed by atoms with E-state index in [1.807, 2.05) is 19.2 Å². The molecule has 0 atom stereocenters. The Bertz CT molecular complexity index is 488. The van der Waals surface area contributed by atoms with Gasteiger partial charge in [-0.25, -0.2) is 9.97 Å². The van der Waals surface area contributed by atoms with Crippen LogP contribution in [0.3, 0.4) is 0 Å². The second-order valence-corrected chi connectivity index (χ2v) is 3.55. The summed E-state index contributed by atoms with van der Waals surface area (Å²) in [5.74, 6) is 1.87. The lowest BCUT2D eigenvalue weighted by Gasteiger charge is -2.13. The molecule has 3 heteroatoms. The van der Waals surface area contributed by atoms with Gasteiger partial charge in [-0.05, 0) is 25.0 Å². The van der Waals surface area contributed by atoms with Gasteiger partial charge in [0.2, 0.25) is 0 Å². The Morgan fingerprint density at radius 1 is 1.36 bits per heavy atom. The fourth-order valence-corrected chi connectivity index (χ4v) is 1.90. The Balaban J connectivity index is 2.28. The molecule has 2 aromatic rings. The number of rotatable bonds is 0. The first-order valence-electron chi connectivity index (χ1n) is 4.74. The van der Waals surface area contributed by atoms with Gasteiger partial charge in [0.15, 0.2) is 0 Å². The fourth-order valence-electron chi connectivity index (χ4n) is 1.90. The van der Waals surface area contributed by atoms with E-state index in [9.17, 15) is 0 Å². The predicted molar refractivity (Wildman–Crippen MR) is 51.9 cm³/mol. The standard InChI is InChI=1S/C11H10N2O/c1-7-12-6-8-2-3-10-9(4-5-14-10)11(8)13-7/h4-6H,2-3H2,1H3. The minimum Gasteiger partial charge on any atom is -0.469 e. The molecule has 0 bridgehead atoms. The third kappa shape index (κ3) is 0.985. The van der Waals surface area contributed by atoms with Crippen LogP contribution in [0.25, 0.3) is 11.3 Å². The van der Waals surface area contributed by atoms with Crippen LogP contribution >= 0.6 is 0 Å². The first-order chi connectivity index (χ1) is 6.84. The number of furan rings is 1. The quantitative estimate of drug-likeness (QED) is 0.632. The van der Waals surface area contributed by atoms with Crippen molar-refractivity contribution < 1.29 is 4.42 Å². The van der Waals surface area contributed by atoms with Crippen LogP contribution in [0.5, 0.6) is 0 Å². The molecule has 0 radical (unpaired) electrons. The van der Waals surface area contributed by atoms with E-state index < -0.39 is 0 Å². The van der Waals surface area contributed by atoms with Gasteiger partial charge in [-0.1, -0.05) is 0 Å². The molecule has 1 aliphatic rings. The second kappa shape index (κ2) is 2.67. The number of nitrogens with zero attached hydrogens (tertiary/aromatic N) is 2. The molecule has 0 aromatic carbocycles. The molecule has 0 amide bonds. The first kappa shape index (κ1) is 7.74. The number of hydrogen-bond acceptors (Lipinski definition) is 3. The normalized spacial score (nSPS) is 13.5. The van der Waals surface area contributed by atoms with Crippen LogP contribution < -0.4 is 0 Å². The Morgan fingerprint density at radius 2 is 2.29 bits per heavy atom. The van der Waals surface area contributed by atoms with Crippen LogP contribution in [0.1, 0.15) is 17.1 Å². The number of fused-ring (bicyclic) bond motifs is 3. The van der Waals surface area contributed by atoms with Gasteiger partial charge in [0.1, 0.15) is 11.6 Å². The van der Waals surface area contributed by atoms with Crippen molar-refractivity contribution in [1.82, 2.24) is 9.97 Å². The topological polar surface area (TPSA) is 38.9 Å². The third-order valence-electron chi connectivity index (χ3n) is 2.61. The maximum Gasteiger partial charge on any atom is 0.125 e. The van der Waals surface area contributed by atoms with Crippen LogP contribution in [-0.4, -0.2) is 9.97 Å². The molecular weight excluding hydrogens is 176 g/mol. The maximum absolute atomic E-state index is 5.39. The van der Waals surface area contributed by atoms with Gasteiger partial charge >= 0.3 is 0 Å². The Kier molecular flexibility index (Phi) is 1.48. The van der Waals surface area contributed by atoms with Crippen molar-refractivity contribution in [3.63, 3.8) is 0 Å². The van der Waals surface area contributed by atoms with Gasteiger partial charge in [0, 0.05) is 18.2 Å². The lowest BCUT2D eigenvalue weighted by Crippen LogP contribution is -2.05. The van der Waals surface area contributed by atoms with E-state index in [1.165, 1.54) is 5.56 Å². The van der Waals surface area contributed by atoms with E-state index in [2.05, 4.69) is 9.97 Å². The molecule has 2 heterocycles. The minimum atomic E-state index is 0.817. The molecule has 0 saturated heterocycles. The van der Waals surface area contributed by atoms with Crippen molar-refractivity contribution in [2.24, 2.45) is 0 Å². The maximum atomic E-state index is 5.39. The van der Waals surface area contributed by atoms with Crippen LogP contribution in [0.15, 0.2) is 22.9 Å². The van der Waals surface area contributed by atoms with Gasteiger partial charge < -0.3 is 4.42 Å². The average molecular weight is 186 g/mol. The largest absolute Gasteiger partial charge is 0.469 e. The minimum absolute atomic E-state index is 0.817. The molecule has 70 valence electrons. The Labute approximate surface area is 81.8 Å². The van der Waals surface area contributed by atoms with Crippen LogP contribution in [-0.2, 0) is 12.8 Å². The van der Waals surface area contributed by atoms with Crippen LogP contribution in [0, 0.1) is 6.92 Å². The fraction of sp³-hybridized carbons (Fsp3) is 0.273. The molecule has 3 rings (SSSR count). The summed E-state index contributed by atoms with van der Waals surface area (Å²) in [6.45, 7) is 1.91. The highest BCUT2D eigenvalue weighted by Crippen LogP contribution is 2.31. The van der Waals surface area contributed by atoms with Gasteiger partial charge in [-0.3, -0.25) is 0 Å². The van der Waals surface area contributed by atoms with Crippen molar-refractivity contribution in [2.75, 3.05) is 0 Å². The molecule has 14 heavy (non-hydrogen) atoms. The molecule has 0 N–H and O–H groups in total. The SMILES string of the molecule is Cc1ncc2c(n1)-c1ccoc1CC2. The highest BCUT2D eigenvalue weighted by atomic mass is 16.3. The highest BCUT2D eigenvalue weighted by molar-refractivity contribution is 5.66. The van der Waals surface area contributed by atoms with Gasteiger partial charge in [0.05, 0.1) is 12.0 Å². The molecule has 0 saturated carbocycles. The second-order valence-electron chi connectivity index (χ2n) is 3.55. The van der Waals surface area contributed by atoms with Crippen molar-refractivity contribution in [3.8, 4) is 11.3 Å². The molecule has 0 fully saturated rings. The van der Waals surface area contributed by atoms with Crippen molar-refractivity contribution >= 4 is 0 Å². The summed E-state index contributed by atoms with van der Waals surface area (Å²) in [7, 11) is 0. The average Bonchev–Trinajstić information content (AvgIpc) is 2.65. The van der Waals surface area contributed by atoms with Crippen LogP contribution in [0.4, 0.5) is 0 Å². The zero-order valence-electron chi connectivity index (χ0n) is 7.95. The van der Waals surface area contributed by atoms with Crippen molar-refractivity contribution in [3.05, 3.63) is 35.7 Å². The molecule has 3 nitrogen and oxygen atoms in total. The van der Waals surface area contributed by atoms with Gasteiger partial charge in [-0.2, -0.15) is 0 Å². The summed E-state index contributed by atoms with van der Waals surface area (Å²) in [6, 6.07) is 1.99. The summed E-state index contributed by atoms with van der Waals surface area (Å²) in [5.41, 5.74) is 3.41. The van der Waals surface area contributed by atoms with Gasteiger partial charge in [0.25, 0.3) is 0 Å². The summed E-state index contributed by atoms with van der Waals surface area (Å²) in [5, 5.41) is 0. The van der Waals surface area contributed by atoms with E-state index in [-0.39, 0.29) is 0 Å². The lowest BCUT2D eigenvalue weighted by atomic mass is 9.96. The monoisotopic (exact) mass is 186 g/mol. The highest BCUT2D eigenvalue weighted by Gasteiger charge is 2.19. The number of aromatic nitrogens is 2. The van der Waals surface area contributed by atoms with Crippen LogP contribution in [0.2, 0.25) is 0 Å². The molecular formula is C11H10N2O. The molecule has 1 aliphatic carbocycles. The number of hydrogen-bond donors (Lipinski definition) is 0. The predicted octanol–water partition coefficient (Wildman–Crippen LogP) is 2.14. The zero-order valence-corrected chi connectivity index (χ0v) is 7.95. The van der Waals surface area contributed by atoms with E-state index >= 15 is 0 Å². The van der Waals surface area contributed by atoms with E-state index in [1.54, 1.807) is 6.26 Å². The molecule has 0 aliphatic heterocycles. The van der Waals surface area contributed by atoms with E-state index in [0.29, 0.717) is 0 Å². The Morgan fingerprint density at radius 3 is 3.21 bits per heavy atom. The zero-order chi connectivity index (χ0) is 9.54. The van der Waals surface area contributed by atoms with E-state index in [4.69, 9.17) is 4.42 Å². The summed E-state index contributed by atoms with van der Waals surface area (Å²) >= 11 is 0. The molecule has 0 unspecified atom stereocenters. The van der Waals surface area contributed by atoms with Gasteiger partial charge in [-0.15, -0.1) is 0 Å². The first-order valence-corrected chi connectivity index (χ1v) is 4.74. The summed E-state index contributed by atoms with van der Waals surface area (Å²) in [6.07, 6.45) is 5.60. The summed E-state index contributed by atoms with van der Waals surface area (Å²) in [4.78, 5) is 8.66. The van der Waals surface area contributed by atoms with Crippen molar-refractivity contribution in [1.29, 1.82) is 0 Å². The molecule has 0 spiro atoms. The van der Waals surface area contributed by atoms with Crippen molar-refractivity contribution in [2.45, 2.75) is 19.8 Å². The summed E-state index contributed by atoms with van der Waals surface area (Å²) < 4.78 is 5.39. The lowest BCUT2D eigenvalue weighted by molar-refractivity contribution is 0.506. The smallest absolute Gasteiger partial charge is 0.125 e. The Hall–Kier alpha value is -1.64. The number of aryl methyl sites for hydroxylation is 3. The van der Waals surface area contributed by atoms with E-state index in [0.717, 1.165) is 35.7 Å².